The minimum Gasteiger partial charge on any atom is -0.397 e. The van der Waals surface area contributed by atoms with E-state index in [1.807, 2.05) is 0 Å². The molecule has 1 aromatic carbocycles. The molecule has 6 nitrogen and oxygen atoms in total. The lowest BCUT2D eigenvalue weighted by Gasteiger charge is -2.21. The van der Waals surface area contributed by atoms with Crippen molar-refractivity contribution in [2.45, 2.75) is 43.4 Å². The van der Waals surface area contributed by atoms with Crippen molar-refractivity contribution in [2.75, 3.05) is 5.73 Å². The van der Waals surface area contributed by atoms with Crippen LogP contribution in [0.25, 0.3) is 0 Å². The van der Waals surface area contributed by atoms with Crippen LogP contribution < -0.4 is 11.1 Å². The highest BCUT2D eigenvalue weighted by molar-refractivity contribution is 9.10. The maximum atomic E-state index is 14.8. The van der Waals surface area contributed by atoms with Gasteiger partial charge in [0.05, 0.1) is 23.6 Å². The molecule has 5 rings (SSSR count). The second kappa shape index (κ2) is 8.71. The lowest BCUT2D eigenvalue weighted by Crippen LogP contribution is -2.35. The summed E-state index contributed by atoms with van der Waals surface area (Å²) in [6.07, 6.45) is -3.96. The van der Waals surface area contributed by atoms with Gasteiger partial charge in [-0.15, -0.1) is 0 Å². The number of anilines is 1. The molecule has 3 N–H and O–H groups in total. The van der Waals surface area contributed by atoms with E-state index < -0.39 is 71.0 Å². The van der Waals surface area contributed by atoms with Crippen molar-refractivity contribution < 1.29 is 35.5 Å². The molecule has 0 saturated heterocycles. The number of benzene rings is 1. The van der Waals surface area contributed by atoms with E-state index in [0.29, 0.717) is 15.2 Å². The summed E-state index contributed by atoms with van der Waals surface area (Å²) >= 11 is 3.26. The topological polar surface area (TPSA) is 85.8 Å². The van der Waals surface area contributed by atoms with Crippen molar-refractivity contribution >= 4 is 27.5 Å². The van der Waals surface area contributed by atoms with E-state index in [-0.39, 0.29) is 29.8 Å². The Labute approximate surface area is 213 Å². The number of fused-ring (bicyclic) bond motifs is 3. The van der Waals surface area contributed by atoms with Gasteiger partial charge in [-0.05, 0) is 58.5 Å². The largest absolute Gasteiger partial charge is 0.435 e. The average molecular weight is 592 g/mol. The van der Waals surface area contributed by atoms with E-state index in [1.165, 1.54) is 12.3 Å². The molecule has 3 atom stereocenters. The number of aromatic nitrogens is 3. The molecule has 0 bridgehead atoms. The lowest BCUT2D eigenvalue weighted by atomic mass is 10.0. The van der Waals surface area contributed by atoms with E-state index in [0.717, 1.165) is 12.1 Å². The molecule has 3 aromatic rings. The summed E-state index contributed by atoms with van der Waals surface area (Å²) in [7, 11) is 0. The summed E-state index contributed by atoms with van der Waals surface area (Å²) in [5.74, 6) is -8.45. The van der Waals surface area contributed by atoms with E-state index >= 15 is 0 Å². The van der Waals surface area contributed by atoms with E-state index in [9.17, 15) is 35.5 Å². The third-order valence-electron chi connectivity index (χ3n) is 6.41. The first-order valence-electron chi connectivity index (χ1n) is 11.0. The molecule has 196 valence electrons. The van der Waals surface area contributed by atoms with Crippen LogP contribution in [0.3, 0.4) is 0 Å². The van der Waals surface area contributed by atoms with Crippen LogP contribution in [0.2, 0.25) is 0 Å². The predicted octanol–water partition coefficient (Wildman–Crippen LogP) is 5.23. The van der Waals surface area contributed by atoms with Crippen molar-refractivity contribution in [2.24, 2.45) is 5.92 Å². The number of nitrogens with one attached hydrogen (secondary N) is 1. The number of pyridine rings is 1. The van der Waals surface area contributed by atoms with Gasteiger partial charge >= 0.3 is 6.18 Å². The van der Waals surface area contributed by atoms with Gasteiger partial charge in [0.2, 0.25) is 5.91 Å². The van der Waals surface area contributed by atoms with Gasteiger partial charge < -0.3 is 11.1 Å². The van der Waals surface area contributed by atoms with E-state index in [2.05, 4.69) is 31.3 Å². The van der Waals surface area contributed by atoms with E-state index in [4.69, 9.17) is 5.73 Å². The Hall–Kier alpha value is -3.16. The fraction of sp³-hybridized carbons (Fsp3) is 0.348. The molecule has 1 amide bonds. The first-order valence-corrected chi connectivity index (χ1v) is 11.8. The Morgan fingerprint density at radius 2 is 1.89 bits per heavy atom. The molecule has 2 aromatic heterocycles. The number of nitrogens with zero attached hydrogens (tertiary/aromatic N) is 3. The fourth-order valence-corrected chi connectivity index (χ4v) is 5.51. The minimum atomic E-state index is -4.97. The SMILES string of the molecule is Nc1cnc(C(Cc2cc(F)cc(F)c2)NC(=O)Cn2nc(C(F)(F)F)c3c2C(F)(F)C2CC32)c(Br)c1. The standard InChI is InChI=1S/C23H17BrF7N5O/c24-15-5-12(32)7-33-19(15)16(3-9-1-10(25)4-11(26)2-9)34-17(37)8-36-21-18(20(35-36)23(29,30)31)13-6-14(13)22(21,27)28/h1-2,4-5,7,13-14,16H,3,6,8,32H2,(H,34,37). The Morgan fingerprint density at radius 1 is 1.22 bits per heavy atom. The molecular formula is C23H17BrF7N5O. The second-order valence-electron chi connectivity index (χ2n) is 9.08. The fourth-order valence-electron chi connectivity index (χ4n) is 4.87. The summed E-state index contributed by atoms with van der Waals surface area (Å²) < 4.78 is 98.5. The predicted molar refractivity (Wildman–Crippen MR) is 119 cm³/mol. The molecule has 2 aliphatic rings. The number of alkyl halides is 5. The molecular weight excluding hydrogens is 575 g/mol. The zero-order chi connectivity index (χ0) is 26.9. The number of carbonyl (C=O) groups is 1. The van der Waals surface area contributed by atoms with Gasteiger partial charge in [0.15, 0.2) is 5.69 Å². The number of nitrogens with two attached hydrogens (primary N) is 1. The molecule has 0 radical (unpaired) electrons. The van der Waals surface area contributed by atoms with Crippen LogP contribution in [0.1, 0.15) is 46.6 Å². The number of amides is 1. The molecule has 14 heteroatoms. The Bertz CT molecular complexity index is 1390. The van der Waals surface area contributed by atoms with Crippen molar-refractivity contribution in [1.82, 2.24) is 20.1 Å². The van der Waals surface area contributed by atoms with Crippen LogP contribution in [-0.2, 0) is 29.9 Å². The highest BCUT2D eigenvalue weighted by Gasteiger charge is 2.68. The zero-order valence-corrected chi connectivity index (χ0v) is 20.2. The first kappa shape index (κ1) is 25.5. The zero-order valence-electron chi connectivity index (χ0n) is 18.6. The maximum absolute atomic E-state index is 14.8. The van der Waals surface area contributed by atoms with E-state index in [1.54, 1.807) is 0 Å². The lowest BCUT2D eigenvalue weighted by molar-refractivity contribution is -0.142. The third-order valence-corrected chi connectivity index (χ3v) is 7.05. The summed E-state index contributed by atoms with van der Waals surface area (Å²) in [4.78, 5) is 17.1. The second-order valence-corrected chi connectivity index (χ2v) is 9.93. The van der Waals surface area contributed by atoms with Crippen molar-refractivity contribution in [3.63, 3.8) is 0 Å². The number of carbonyl (C=O) groups excluding carboxylic acids is 1. The first-order chi connectivity index (χ1) is 17.3. The molecule has 2 heterocycles. The average Bonchev–Trinajstić information content (AvgIpc) is 3.41. The summed E-state index contributed by atoms with van der Waals surface area (Å²) in [5.41, 5.74) is 3.40. The van der Waals surface area contributed by atoms with Gasteiger partial charge in [0.1, 0.15) is 23.9 Å². The summed E-state index contributed by atoms with van der Waals surface area (Å²) in [6, 6.07) is 3.15. The molecule has 0 spiro atoms. The third kappa shape index (κ3) is 4.66. The summed E-state index contributed by atoms with van der Waals surface area (Å²) in [6.45, 7) is -0.936. The van der Waals surface area contributed by atoms with Gasteiger partial charge in [0, 0.05) is 22.0 Å². The van der Waals surface area contributed by atoms with Gasteiger partial charge in [-0.3, -0.25) is 14.5 Å². The van der Waals surface area contributed by atoms with Crippen LogP contribution in [-0.4, -0.2) is 20.7 Å². The highest BCUT2D eigenvalue weighted by atomic mass is 79.9. The Balaban J connectivity index is 1.46. The van der Waals surface area contributed by atoms with Gasteiger partial charge in [0.25, 0.3) is 5.92 Å². The van der Waals surface area contributed by atoms with Crippen LogP contribution in [0.5, 0.6) is 0 Å². The quantitative estimate of drug-likeness (QED) is 0.384. The molecule has 2 aliphatic carbocycles. The number of halogens is 8. The molecule has 1 fully saturated rings. The smallest absolute Gasteiger partial charge is 0.397 e. The number of hydrogen-bond donors (Lipinski definition) is 2. The van der Waals surface area contributed by atoms with Crippen LogP contribution in [0.4, 0.5) is 36.4 Å². The molecule has 1 saturated carbocycles. The monoisotopic (exact) mass is 591 g/mol. The number of hydrogen-bond acceptors (Lipinski definition) is 4. The Morgan fingerprint density at radius 3 is 2.51 bits per heavy atom. The van der Waals surface area contributed by atoms with Crippen molar-refractivity contribution in [3.05, 3.63) is 74.8 Å². The molecule has 3 unspecified atom stereocenters. The van der Waals surface area contributed by atoms with Crippen molar-refractivity contribution in [1.29, 1.82) is 0 Å². The van der Waals surface area contributed by atoms with Gasteiger partial charge in [-0.25, -0.2) is 8.78 Å². The molecule has 0 aliphatic heterocycles. The molecule has 37 heavy (non-hydrogen) atoms. The van der Waals surface area contributed by atoms with Crippen molar-refractivity contribution in [3.8, 4) is 0 Å². The number of nitrogen functional groups attached to an aromatic ring is 1. The summed E-state index contributed by atoms with van der Waals surface area (Å²) in [5, 5.41) is 5.86. The normalized spacial score (nSPS) is 20.3. The maximum Gasteiger partial charge on any atom is 0.435 e. The van der Waals surface area contributed by atoms with Crippen LogP contribution >= 0.6 is 15.9 Å². The minimum absolute atomic E-state index is 0.0793. The van der Waals surface area contributed by atoms with Gasteiger partial charge in [-0.1, -0.05) is 0 Å². The van der Waals surface area contributed by atoms with Crippen LogP contribution in [0, 0.1) is 17.6 Å². The Kier molecular flexibility index (Phi) is 6.00. The van der Waals surface area contributed by atoms with Crippen LogP contribution in [0.15, 0.2) is 34.9 Å². The van der Waals surface area contributed by atoms with Gasteiger partial charge in [-0.2, -0.15) is 27.1 Å². The number of rotatable bonds is 6. The highest BCUT2D eigenvalue weighted by Crippen LogP contribution is 2.68.